The number of nitrogens with one attached hydrogen (secondary N) is 2. The van der Waals surface area contributed by atoms with Crippen molar-refractivity contribution in [3.63, 3.8) is 0 Å². The van der Waals surface area contributed by atoms with Crippen LogP contribution in [-0.2, 0) is 0 Å². The van der Waals surface area contributed by atoms with Crippen molar-refractivity contribution in [1.29, 1.82) is 0 Å². The standard InChI is InChI=1S/C8H10FN3S/c1-5-6(9)3-2-4-7(5)11-8(13)12-10/h2-4H,10H2,1H3,(H2,11,12,13). The van der Waals surface area contributed by atoms with Gasteiger partial charge in [-0.1, -0.05) is 6.07 Å². The lowest BCUT2D eigenvalue weighted by Gasteiger charge is -2.09. The number of hydrogen-bond acceptors (Lipinski definition) is 2. The maximum absolute atomic E-state index is 13.0. The monoisotopic (exact) mass is 199 g/mol. The van der Waals surface area contributed by atoms with E-state index in [1.807, 2.05) is 0 Å². The van der Waals surface area contributed by atoms with Gasteiger partial charge in [-0.25, -0.2) is 10.2 Å². The Morgan fingerprint density at radius 2 is 2.23 bits per heavy atom. The fourth-order valence-electron chi connectivity index (χ4n) is 0.901. The zero-order chi connectivity index (χ0) is 9.84. The molecule has 13 heavy (non-hydrogen) atoms. The average Bonchev–Trinajstić information content (AvgIpc) is 2.13. The van der Waals surface area contributed by atoms with Gasteiger partial charge in [0.1, 0.15) is 5.82 Å². The smallest absolute Gasteiger partial charge is 0.185 e. The molecular formula is C8H10FN3S. The lowest BCUT2D eigenvalue weighted by atomic mass is 10.2. The predicted octanol–water partition coefficient (Wildman–Crippen LogP) is 1.29. The number of hydrazine groups is 1. The molecule has 0 heterocycles. The Hall–Kier alpha value is -1.20. The molecule has 0 aliphatic carbocycles. The van der Waals surface area contributed by atoms with Gasteiger partial charge in [0.05, 0.1) is 0 Å². The van der Waals surface area contributed by atoms with Crippen LogP contribution >= 0.6 is 12.2 Å². The summed E-state index contributed by atoms with van der Waals surface area (Å²) in [5, 5.41) is 3.01. The molecule has 0 aliphatic rings. The van der Waals surface area contributed by atoms with E-state index >= 15 is 0 Å². The fourth-order valence-corrected chi connectivity index (χ4v) is 1.01. The second kappa shape index (κ2) is 4.15. The van der Waals surface area contributed by atoms with Crippen molar-refractivity contribution in [2.24, 2.45) is 5.84 Å². The molecule has 0 saturated carbocycles. The Labute approximate surface area is 81.1 Å². The van der Waals surface area contributed by atoms with Gasteiger partial charge >= 0.3 is 0 Å². The van der Waals surface area contributed by atoms with Crippen LogP contribution in [-0.4, -0.2) is 5.11 Å². The summed E-state index contributed by atoms with van der Waals surface area (Å²) < 4.78 is 13.0. The Morgan fingerprint density at radius 3 is 2.85 bits per heavy atom. The topological polar surface area (TPSA) is 50.1 Å². The maximum Gasteiger partial charge on any atom is 0.185 e. The van der Waals surface area contributed by atoms with E-state index < -0.39 is 0 Å². The second-order valence-electron chi connectivity index (χ2n) is 2.51. The molecule has 0 radical (unpaired) electrons. The van der Waals surface area contributed by atoms with Gasteiger partial charge in [0.2, 0.25) is 0 Å². The molecule has 0 amide bonds. The number of benzene rings is 1. The lowest BCUT2D eigenvalue weighted by molar-refractivity contribution is 0.619. The number of rotatable bonds is 1. The molecule has 70 valence electrons. The van der Waals surface area contributed by atoms with Crippen LogP contribution in [0.15, 0.2) is 18.2 Å². The summed E-state index contributed by atoms with van der Waals surface area (Å²) in [6, 6.07) is 4.71. The third-order valence-corrected chi connectivity index (χ3v) is 1.87. The third-order valence-electron chi connectivity index (χ3n) is 1.65. The number of thiocarbonyl (C=S) groups is 1. The van der Waals surface area contributed by atoms with E-state index in [1.165, 1.54) is 6.07 Å². The van der Waals surface area contributed by atoms with Crippen molar-refractivity contribution in [3.05, 3.63) is 29.6 Å². The lowest BCUT2D eigenvalue weighted by Crippen LogP contribution is -2.34. The van der Waals surface area contributed by atoms with E-state index in [4.69, 9.17) is 18.1 Å². The minimum atomic E-state index is -0.273. The first-order valence-electron chi connectivity index (χ1n) is 3.68. The van der Waals surface area contributed by atoms with E-state index in [0.717, 1.165) is 0 Å². The van der Waals surface area contributed by atoms with Crippen LogP contribution in [0.25, 0.3) is 0 Å². The third kappa shape index (κ3) is 2.37. The molecular weight excluding hydrogens is 189 g/mol. The molecule has 1 aromatic rings. The second-order valence-corrected chi connectivity index (χ2v) is 2.92. The summed E-state index contributed by atoms with van der Waals surface area (Å²) in [7, 11) is 0. The van der Waals surface area contributed by atoms with Gasteiger partial charge < -0.3 is 10.7 Å². The Morgan fingerprint density at radius 1 is 1.54 bits per heavy atom. The molecule has 0 atom stereocenters. The SMILES string of the molecule is Cc1c(F)cccc1NC(=S)NN. The molecule has 5 heteroatoms. The summed E-state index contributed by atoms with van der Waals surface area (Å²) in [5.41, 5.74) is 3.39. The van der Waals surface area contributed by atoms with E-state index in [-0.39, 0.29) is 10.9 Å². The van der Waals surface area contributed by atoms with Crippen molar-refractivity contribution in [3.8, 4) is 0 Å². The van der Waals surface area contributed by atoms with Crippen molar-refractivity contribution < 1.29 is 4.39 Å². The summed E-state index contributed by atoms with van der Waals surface area (Å²) >= 11 is 4.77. The fraction of sp³-hybridized carbons (Fsp3) is 0.125. The number of anilines is 1. The molecule has 1 aromatic carbocycles. The van der Waals surface area contributed by atoms with Gasteiger partial charge in [0, 0.05) is 11.3 Å². The highest BCUT2D eigenvalue weighted by Crippen LogP contribution is 2.16. The van der Waals surface area contributed by atoms with Gasteiger partial charge in [0.15, 0.2) is 5.11 Å². The van der Waals surface area contributed by atoms with Gasteiger partial charge in [-0.15, -0.1) is 0 Å². The molecule has 0 fully saturated rings. The molecule has 0 saturated heterocycles. The van der Waals surface area contributed by atoms with Crippen LogP contribution in [0.4, 0.5) is 10.1 Å². The van der Waals surface area contributed by atoms with E-state index in [2.05, 4.69) is 10.7 Å². The van der Waals surface area contributed by atoms with Crippen molar-refractivity contribution in [2.45, 2.75) is 6.92 Å². The minimum absolute atomic E-state index is 0.258. The van der Waals surface area contributed by atoms with Crippen molar-refractivity contribution in [1.82, 2.24) is 5.43 Å². The summed E-state index contributed by atoms with van der Waals surface area (Å²) in [4.78, 5) is 0. The van der Waals surface area contributed by atoms with Crippen molar-refractivity contribution in [2.75, 3.05) is 5.32 Å². The predicted molar refractivity (Wildman–Crippen MR) is 54.7 cm³/mol. The molecule has 0 spiro atoms. The number of halogens is 1. The summed E-state index contributed by atoms with van der Waals surface area (Å²) in [5.74, 6) is 4.79. The normalized spacial score (nSPS) is 9.46. The first-order chi connectivity index (χ1) is 6.15. The van der Waals surface area contributed by atoms with E-state index in [0.29, 0.717) is 11.3 Å². The maximum atomic E-state index is 13.0. The van der Waals surface area contributed by atoms with Gasteiger partial charge in [0.25, 0.3) is 0 Å². The highest BCUT2D eigenvalue weighted by atomic mass is 32.1. The molecule has 0 bridgehead atoms. The zero-order valence-electron chi connectivity index (χ0n) is 7.10. The Bertz CT molecular complexity index is 327. The highest BCUT2D eigenvalue weighted by molar-refractivity contribution is 7.80. The van der Waals surface area contributed by atoms with Crippen LogP contribution in [0.2, 0.25) is 0 Å². The van der Waals surface area contributed by atoms with Crippen LogP contribution in [0.3, 0.4) is 0 Å². The van der Waals surface area contributed by atoms with Crippen molar-refractivity contribution >= 4 is 23.0 Å². The summed E-state index contributed by atoms with van der Waals surface area (Å²) in [6.07, 6.45) is 0. The first-order valence-corrected chi connectivity index (χ1v) is 4.08. The van der Waals surface area contributed by atoms with Crippen LogP contribution in [0, 0.1) is 12.7 Å². The van der Waals surface area contributed by atoms with Gasteiger partial charge in [-0.3, -0.25) is 0 Å². The Balaban J connectivity index is 2.89. The molecule has 0 aromatic heterocycles. The molecule has 3 nitrogen and oxygen atoms in total. The minimum Gasteiger partial charge on any atom is -0.331 e. The molecule has 0 unspecified atom stereocenters. The van der Waals surface area contributed by atoms with Gasteiger partial charge in [-0.05, 0) is 31.3 Å². The molecule has 1 rings (SSSR count). The number of nitrogens with two attached hydrogens (primary N) is 1. The van der Waals surface area contributed by atoms with Gasteiger partial charge in [-0.2, -0.15) is 0 Å². The zero-order valence-corrected chi connectivity index (χ0v) is 7.91. The summed E-state index contributed by atoms with van der Waals surface area (Å²) in [6.45, 7) is 1.66. The highest BCUT2D eigenvalue weighted by Gasteiger charge is 2.03. The average molecular weight is 199 g/mol. The Kier molecular flexibility index (Phi) is 3.16. The number of hydrogen-bond donors (Lipinski definition) is 3. The first kappa shape index (κ1) is 9.88. The van der Waals surface area contributed by atoms with Crippen LogP contribution < -0.4 is 16.6 Å². The molecule has 0 aliphatic heterocycles. The van der Waals surface area contributed by atoms with E-state index in [9.17, 15) is 4.39 Å². The quantitative estimate of drug-likeness (QED) is 0.362. The molecule has 4 N–H and O–H groups in total. The van der Waals surface area contributed by atoms with E-state index in [1.54, 1.807) is 19.1 Å². The largest absolute Gasteiger partial charge is 0.331 e. The van der Waals surface area contributed by atoms with Crippen LogP contribution in [0.1, 0.15) is 5.56 Å². The van der Waals surface area contributed by atoms with Crippen LogP contribution in [0.5, 0.6) is 0 Å².